The molecule has 3 N–H and O–H groups in total. The van der Waals surface area contributed by atoms with Crippen LogP contribution in [0.4, 0.5) is 11.5 Å². The number of likely N-dealkylation sites (tertiary alicyclic amines) is 1. The molecule has 6 rings (SSSR count). The summed E-state index contributed by atoms with van der Waals surface area (Å²) < 4.78 is 7.77. The fourth-order valence-electron chi connectivity index (χ4n) is 6.55. The third kappa shape index (κ3) is 4.38. The minimum atomic E-state index is -0.211. The number of carbonyl (C=O) groups is 2. The Morgan fingerprint density at radius 1 is 1.23 bits per heavy atom. The highest BCUT2D eigenvalue weighted by Gasteiger charge is 2.58. The number of benzene rings is 1. The van der Waals surface area contributed by atoms with Crippen LogP contribution in [0.1, 0.15) is 44.6 Å². The predicted octanol–water partition coefficient (Wildman–Crippen LogP) is 4.55. The molecule has 2 aliphatic carbocycles. The van der Waals surface area contributed by atoms with E-state index in [1.165, 1.54) is 6.33 Å². The number of fused-ring (bicyclic) bond motifs is 2. The Kier molecular flexibility index (Phi) is 6.49. The van der Waals surface area contributed by atoms with Crippen LogP contribution in [0.15, 0.2) is 48.8 Å². The van der Waals surface area contributed by atoms with E-state index >= 15 is 0 Å². The number of amides is 2. The minimum absolute atomic E-state index is 0.0132. The number of nitrogens with two attached hydrogens (primary N) is 1. The molecule has 1 aliphatic heterocycles. The largest absolute Gasteiger partial charge is 0.383 e. The molecule has 3 aliphatic rings. The minimum Gasteiger partial charge on any atom is -0.383 e. The number of hydrogen-bond donors (Lipinski definition) is 2. The number of carbonyl (C=O) groups excluding carboxylic acids is 2. The summed E-state index contributed by atoms with van der Waals surface area (Å²) in [6, 6.07) is 7.74. The van der Waals surface area contributed by atoms with Gasteiger partial charge in [0, 0.05) is 55.9 Å². The number of methoxy groups -OCH3 is 1. The Morgan fingerprint density at radius 3 is 2.65 bits per heavy atom. The zero-order valence-corrected chi connectivity index (χ0v) is 23.4. The first kappa shape index (κ1) is 26.3. The van der Waals surface area contributed by atoms with Gasteiger partial charge in [0.2, 0.25) is 5.91 Å². The van der Waals surface area contributed by atoms with Gasteiger partial charge in [0.15, 0.2) is 0 Å². The lowest BCUT2D eigenvalue weighted by molar-refractivity contribution is -0.138. The number of ether oxygens (including phenoxy) is 1. The number of anilines is 2. The number of aromatic nitrogens is 3. The van der Waals surface area contributed by atoms with E-state index < -0.39 is 0 Å². The molecule has 2 amide bonds. The molecule has 40 heavy (non-hydrogen) atoms. The fourth-order valence-corrected chi connectivity index (χ4v) is 6.55. The number of rotatable bonds is 6. The van der Waals surface area contributed by atoms with Crippen molar-refractivity contribution in [2.24, 2.45) is 18.9 Å². The van der Waals surface area contributed by atoms with Crippen molar-refractivity contribution in [2.45, 2.75) is 44.6 Å². The number of nitrogen functional groups attached to an aromatic ring is 1. The molecule has 0 radical (unpaired) electrons. The Balaban J connectivity index is 1.29. The van der Waals surface area contributed by atoms with Gasteiger partial charge in [-0.25, -0.2) is 9.97 Å². The number of allylic oxidation sites excluding steroid dienone is 2. The van der Waals surface area contributed by atoms with E-state index in [1.807, 2.05) is 35.9 Å². The highest BCUT2D eigenvalue weighted by Crippen LogP contribution is 2.52. The average molecular weight is 541 g/mol. The van der Waals surface area contributed by atoms with Crippen molar-refractivity contribution < 1.29 is 14.3 Å². The summed E-state index contributed by atoms with van der Waals surface area (Å²) in [5, 5.41) is 3.69. The van der Waals surface area contributed by atoms with E-state index in [-0.39, 0.29) is 23.3 Å². The van der Waals surface area contributed by atoms with Gasteiger partial charge in [0.1, 0.15) is 17.8 Å². The lowest BCUT2D eigenvalue weighted by Gasteiger charge is -2.34. The Labute approximate surface area is 234 Å². The van der Waals surface area contributed by atoms with Crippen molar-refractivity contribution in [3.05, 3.63) is 54.4 Å². The number of nitrogens with zero attached hydrogens (tertiary/aromatic N) is 4. The number of hydrogen-bond acceptors (Lipinski definition) is 6. The van der Waals surface area contributed by atoms with E-state index in [9.17, 15) is 9.59 Å². The number of nitrogens with one attached hydrogen (secondary N) is 1. The highest BCUT2D eigenvalue weighted by molar-refractivity contribution is 6.05. The molecule has 1 aromatic carbocycles. The average Bonchev–Trinajstić information content (AvgIpc) is 3.62. The van der Waals surface area contributed by atoms with Crippen LogP contribution in [0, 0.1) is 11.8 Å². The normalized spacial score (nSPS) is 23.9. The van der Waals surface area contributed by atoms with Gasteiger partial charge in [-0.1, -0.05) is 24.8 Å². The van der Waals surface area contributed by atoms with Gasteiger partial charge in [-0.05, 0) is 62.3 Å². The molecule has 2 fully saturated rings. The molecule has 9 nitrogen and oxygen atoms in total. The summed E-state index contributed by atoms with van der Waals surface area (Å²) in [5.41, 5.74) is 12.5. The summed E-state index contributed by atoms with van der Waals surface area (Å²) in [4.78, 5) is 36.4. The van der Waals surface area contributed by atoms with Crippen LogP contribution in [-0.2, 0) is 21.4 Å². The standard InChI is InChI=1S/C31H36N6O3/c1-18(2)29(38)35-23-11-9-20(10-12-23)26-24(25-27(32)33-17-34-28(25)36(26)3)19-5-7-21(8-6-19)30(39)37-14-13-31(40-4)15-22(31)16-37/h5,9-12,17,21-22H,1,6-8,13-16H2,2-4H3,(H,35,38)(H2,32,33,34)/t21-,22?,31-/m1/s1. The van der Waals surface area contributed by atoms with Gasteiger partial charge in [-0.15, -0.1) is 0 Å². The molecular weight excluding hydrogens is 504 g/mol. The van der Waals surface area contributed by atoms with Crippen molar-refractivity contribution in [3.8, 4) is 11.3 Å². The third-order valence-electron chi connectivity index (χ3n) is 9.02. The van der Waals surface area contributed by atoms with E-state index in [4.69, 9.17) is 10.5 Å². The molecule has 208 valence electrons. The fraction of sp³-hybridized carbons (Fsp3) is 0.419. The topological polar surface area (TPSA) is 115 Å². The van der Waals surface area contributed by atoms with Gasteiger partial charge in [-0.2, -0.15) is 0 Å². The smallest absolute Gasteiger partial charge is 0.250 e. The zero-order valence-electron chi connectivity index (χ0n) is 23.4. The van der Waals surface area contributed by atoms with Gasteiger partial charge in [-0.3, -0.25) is 9.59 Å². The molecule has 0 spiro atoms. The van der Waals surface area contributed by atoms with Crippen LogP contribution in [-0.4, -0.2) is 57.0 Å². The first-order valence-electron chi connectivity index (χ1n) is 13.9. The zero-order chi connectivity index (χ0) is 28.2. The molecule has 1 saturated carbocycles. The molecular formula is C31H36N6O3. The third-order valence-corrected chi connectivity index (χ3v) is 9.02. The monoisotopic (exact) mass is 540 g/mol. The molecule has 9 heteroatoms. The molecule has 1 unspecified atom stereocenters. The summed E-state index contributed by atoms with van der Waals surface area (Å²) in [5.74, 6) is 0.954. The first-order chi connectivity index (χ1) is 19.2. The summed E-state index contributed by atoms with van der Waals surface area (Å²) in [6.45, 7) is 6.97. The summed E-state index contributed by atoms with van der Waals surface area (Å²) in [7, 11) is 3.77. The van der Waals surface area contributed by atoms with E-state index in [0.29, 0.717) is 29.4 Å². The second-order valence-corrected chi connectivity index (χ2v) is 11.5. The quantitative estimate of drug-likeness (QED) is 0.443. The van der Waals surface area contributed by atoms with Gasteiger partial charge in [0.25, 0.3) is 5.91 Å². The van der Waals surface area contributed by atoms with Crippen LogP contribution < -0.4 is 11.1 Å². The number of aryl methyl sites for hydroxylation is 1. The van der Waals surface area contributed by atoms with Crippen LogP contribution in [0.25, 0.3) is 27.9 Å². The Bertz CT molecular complexity index is 1560. The lowest BCUT2D eigenvalue weighted by Crippen LogP contribution is -2.44. The predicted molar refractivity (Wildman–Crippen MR) is 156 cm³/mol. The maximum absolute atomic E-state index is 13.4. The Morgan fingerprint density at radius 2 is 2.00 bits per heavy atom. The van der Waals surface area contributed by atoms with Crippen LogP contribution in [0.2, 0.25) is 0 Å². The maximum atomic E-state index is 13.4. The second-order valence-electron chi connectivity index (χ2n) is 11.5. The highest BCUT2D eigenvalue weighted by atomic mass is 16.5. The maximum Gasteiger partial charge on any atom is 0.250 e. The lowest BCUT2D eigenvalue weighted by atomic mass is 9.84. The second kappa shape index (κ2) is 9.89. The van der Waals surface area contributed by atoms with Crippen molar-refractivity contribution in [1.82, 2.24) is 19.4 Å². The Hall–Kier alpha value is -3.98. The van der Waals surface area contributed by atoms with Crippen molar-refractivity contribution in [2.75, 3.05) is 31.2 Å². The first-order valence-corrected chi connectivity index (χ1v) is 13.9. The van der Waals surface area contributed by atoms with Gasteiger partial charge < -0.3 is 25.3 Å². The molecule has 1 saturated heterocycles. The summed E-state index contributed by atoms with van der Waals surface area (Å²) >= 11 is 0. The van der Waals surface area contributed by atoms with E-state index in [1.54, 1.807) is 14.0 Å². The van der Waals surface area contributed by atoms with Crippen molar-refractivity contribution >= 4 is 39.9 Å². The molecule has 2 aromatic heterocycles. The van der Waals surface area contributed by atoms with E-state index in [2.05, 4.69) is 32.8 Å². The van der Waals surface area contributed by atoms with Crippen LogP contribution in [0.3, 0.4) is 0 Å². The summed E-state index contributed by atoms with van der Waals surface area (Å²) in [6.07, 6.45) is 7.94. The SMILES string of the molecule is C=C(C)C(=O)Nc1ccc(-c2c(C3=CC[C@@H](C(=O)N4CC[C@@]5(OC)CC5C4)CC3)c3c(N)ncnc3n2C)cc1. The molecule has 3 aromatic rings. The molecule has 3 atom stereocenters. The van der Waals surface area contributed by atoms with Gasteiger partial charge >= 0.3 is 0 Å². The molecule has 3 heterocycles. The number of piperidine rings is 1. The van der Waals surface area contributed by atoms with Crippen molar-refractivity contribution in [3.63, 3.8) is 0 Å². The van der Waals surface area contributed by atoms with E-state index in [0.717, 1.165) is 72.2 Å². The van der Waals surface area contributed by atoms with Crippen LogP contribution in [0.5, 0.6) is 0 Å². The van der Waals surface area contributed by atoms with Crippen molar-refractivity contribution in [1.29, 1.82) is 0 Å². The molecule has 0 bridgehead atoms. The van der Waals surface area contributed by atoms with Crippen LogP contribution >= 0.6 is 0 Å². The van der Waals surface area contributed by atoms with Gasteiger partial charge in [0.05, 0.1) is 16.7 Å².